The lowest BCUT2D eigenvalue weighted by molar-refractivity contribution is 0.0696. The number of methoxy groups -OCH3 is 1. The van der Waals surface area contributed by atoms with Gasteiger partial charge in [-0.1, -0.05) is 0 Å². The van der Waals surface area contributed by atoms with E-state index in [2.05, 4.69) is 5.32 Å². The standard InChI is InChI=1S/C19H21NO5/c1-11(2)25-17-10-14(24-4)6-8-16(17)18(21)20-13-5-7-15(19(22)23)12(3)9-13/h5-11H,1-4H3,(H,20,21)(H,22,23). The topological polar surface area (TPSA) is 84.9 Å². The summed E-state index contributed by atoms with van der Waals surface area (Å²) in [4.78, 5) is 23.7. The number of aryl methyl sites for hydroxylation is 1. The number of nitrogens with one attached hydrogen (secondary N) is 1. The van der Waals surface area contributed by atoms with E-state index < -0.39 is 5.97 Å². The van der Waals surface area contributed by atoms with E-state index in [1.54, 1.807) is 44.4 Å². The summed E-state index contributed by atoms with van der Waals surface area (Å²) in [6.45, 7) is 5.42. The highest BCUT2D eigenvalue weighted by atomic mass is 16.5. The van der Waals surface area contributed by atoms with Crippen molar-refractivity contribution in [2.45, 2.75) is 26.9 Å². The SMILES string of the molecule is COc1ccc(C(=O)Nc2ccc(C(=O)O)c(C)c2)c(OC(C)C)c1. The zero-order valence-electron chi connectivity index (χ0n) is 14.6. The second-order valence-electron chi connectivity index (χ2n) is 5.82. The van der Waals surface area contributed by atoms with Crippen molar-refractivity contribution in [3.8, 4) is 11.5 Å². The van der Waals surface area contributed by atoms with Crippen molar-refractivity contribution in [1.82, 2.24) is 0 Å². The summed E-state index contributed by atoms with van der Waals surface area (Å²) < 4.78 is 10.9. The lowest BCUT2D eigenvalue weighted by Crippen LogP contribution is -2.16. The monoisotopic (exact) mass is 343 g/mol. The smallest absolute Gasteiger partial charge is 0.335 e. The van der Waals surface area contributed by atoms with Crippen molar-refractivity contribution >= 4 is 17.6 Å². The number of carboxylic acid groups (broad SMARTS) is 1. The van der Waals surface area contributed by atoms with E-state index >= 15 is 0 Å². The quantitative estimate of drug-likeness (QED) is 0.834. The van der Waals surface area contributed by atoms with Crippen molar-refractivity contribution in [1.29, 1.82) is 0 Å². The highest BCUT2D eigenvalue weighted by molar-refractivity contribution is 6.06. The number of amides is 1. The van der Waals surface area contributed by atoms with Crippen LogP contribution >= 0.6 is 0 Å². The van der Waals surface area contributed by atoms with E-state index in [1.165, 1.54) is 6.07 Å². The molecular formula is C19H21NO5. The molecule has 2 N–H and O–H groups in total. The fourth-order valence-electron chi connectivity index (χ4n) is 2.35. The second-order valence-corrected chi connectivity index (χ2v) is 5.82. The predicted molar refractivity (Wildman–Crippen MR) is 94.8 cm³/mol. The average molecular weight is 343 g/mol. The summed E-state index contributed by atoms with van der Waals surface area (Å²) in [6, 6.07) is 9.61. The Morgan fingerprint density at radius 3 is 2.32 bits per heavy atom. The molecule has 2 rings (SSSR count). The number of aromatic carboxylic acids is 1. The molecule has 0 saturated heterocycles. The molecule has 0 aliphatic carbocycles. The highest BCUT2D eigenvalue weighted by Gasteiger charge is 2.16. The minimum absolute atomic E-state index is 0.101. The first-order valence-corrected chi connectivity index (χ1v) is 7.81. The van der Waals surface area contributed by atoms with E-state index in [9.17, 15) is 9.59 Å². The summed E-state index contributed by atoms with van der Waals surface area (Å²) >= 11 is 0. The first-order valence-electron chi connectivity index (χ1n) is 7.81. The largest absolute Gasteiger partial charge is 0.497 e. The fourth-order valence-corrected chi connectivity index (χ4v) is 2.35. The van der Waals surface area contributed by atoms with Gasteiger partial charge in [0.15, 0.2) is 0 Å². The van der Waals surface area contributed by atoms with Crippen LogP contribution in [0.1, 0.15) is 40.1 Å². The molecule has 2 aromatic rings. The maximum atomic E-state index is 12.6. The molecule has 0 atom stereocenters. The number of hydrogen-bond acceptors (Lipinski definition) is 4. The van der Waals surface area contributed by atoms with Crippen LogP contribution in [0.3, 0.4) is 0 Å². The molecule has 0 aliphatic heterocycles. The van der Waals surface area contributed by atoms with Crippen LogP contribution < -0.4 is 14.8 Å². The third kappa shape index (κ3) is 4.50. The maximum Gasteiger partial charge on any atom is 0.335 e. The van der Waals surface area contributed by atoms with Gasteiger partial charge in [-0.15, -0.1) is 0 Å². The Morgan fingerprint density at radius 2 is 1.76 bits per heavy atom. The summed E-state index contributed by atoms with van der Waals surface area (Å²) in [5.41, 5.74) is 1.65. The van der Waals surface area contributed by atoms with Crippen LogP contribution in [0.5, 0.6) is 11.5 Å². The molecule has 1 amide bonds. The maximum absolute atomic E-state index is 12.6. The summed E-state index contributed by atoms with van der Waals surface area (Å²) in [7, 11) is 1.54. The molecule has 0 fully saturated rings. The fraction of sp³-hybridized carbons (Fsp3) is 0.263. The van der Waals surface area contributed by atoms with Gasteiger partial charge in [0.05, 0.1) is 24.3 Å². The number of benzene rings is 2. The van der Waals surface area contributed by atoms with Crippen LogP contribution in [0.25, 0.3) is 0 Å². The van der Waals surface area contributed by atoms with Crippen molar-refractivity contribution < 1.29 is 24.2 Å². The Bertz CT molecular complexity index is 798. The number of anilines is 1. The molecule has 0 heterocycles. The number of carbonyl (C=O) groups is 2. The second kappa shape index (κ2) is 7.70. The molecular weight excluding hydrogens is 322 g/mol. The van der Waals surface area contributed by atoms with Crippen LogP contribution in [-0.2, 0) is 0 Å². The zero-order valence-corrected chi connectivity index (χ0v) is 14.6. The van der Waals surface area contributed by atoms with Crippen molar-refractivity contribution in [2.75, 3.05) is 12.4 Å². The minimum atomic E-state index is -1.00. The van der Waals surface area contributed by atoms with Crippen molar-refractivity contribution in [2.24, 2.45) is 0 Å². The Labute approximate surface area is 146 Å². The molecule has 0 aliphatic rings. The number of carbonyl (C=O) groups excluding carboxylic acids is 1. The molecule has 0 radical (unpaired) electrons. The van der Waals surface area contributed by atoms with Gasteiger partial charge in [0.25, 0.3) is 5.91 Å². The number of carboxylic acids is 1. The van der Waals surface area contributed by atoms with Crippen LogP contribution in [0, 0.1) is 6.92 Å². The third-order valence-corrected chi connectivity index (χ3v) is 3.51. The normalized spacial score (nSPS) is 10.4. The van der Waals surface area contributed by atoms with Gasteiger partial charge in [0.1, 0.15) is 11.5 Å². The summed E-state index contributed by atoms with van der Waals surface area (Å²) in [5.74, 6) is -0.335. The van der Waals surface area contributed by atoms with Gasteiger partial charge in [-0.2, -0.15) is 0 Å². The molecule has 0 saturated carbocycles. The van der Waals surface area contributed by atoms with E-state index in [4.69, 9.17) is 14.6 Å². The number of hydrogen-bond donors (Lipinski definition) is 2. The van der Waals surface area contributed by atoms with Crippen LogP contribution in [0.4, 0.5) is 5.69 Å². The zero-order chi connectivity index (χ0) is 18.6. The van der Waals surface area contributed by atoms with Gasteiger partial charge >= 0.3 is 5.97 Å². The molecule has 0 spiro atoms. The van der Waals surface area contributed by atoms with Crippen LogP contribution in [-0.4, -0.2) is 30.2 Å². The van der Waals surface area contributed by atoms with Gasteiger partial charge in [0.2, 0.25) is 0 Å². The predicted octanol–water partition coefficient (Wildman–Crippen LogP) is 3.74. The van der Waals surface area contributed by atoms with E-state index in [-0.39, 0.29) is 17.6 Å². The molecule has 132 valence electrons. The Morgan fingerprint density at radius 1 is 1.08 bits per heavy atom. The van der Waals surface area contributed by atoms with Crippen molar-refractivity contribution in [3.05, 3.63) is 53.1 Å². The lowest BCUT2D eigenvalue weighted by atomic mass is 10.1. The Kier molecular flexibility index (Phi) is 5.64. The molecule has 0 unspecified atom stereocenters. The average Bonchev–Trinajstić information content (AvgIpc) is 2.53. The molecule has 6 heteroatoms. The number of ether oxygens (including phenoxy) is 2. The van der Waals surface area contributed by atoms with Gasteiger partial charge in [-0.25, -0.2) is 4.79 Å². The van der Waals surface area contributed by atoms with E-state index in [1.807, 2.05) is 13.8 Å². The van der Waals surface area contributed by atoms with Crippen LogP contribution in [0.2, 0.25) is 0 Å². The van der Waals surface area contributed by atoms with Gasteiger partial charge < -0.3 is 19.9 Å². The molecule has 0 bridgehead atoms. The van der Waals surface area contributed by atoms with Crippen LogP contribution in [0.15, 0.2) is 36.4 Å². The first-order chi connectivity index (χ1) is 11.8. The Hall–Kier alpha value is -3.02. The number of rotatable bonds is 6. The first kappa shape index (κ1) is 18.3. The van der Waals surface area contributed by atoms with Gasteiger partial charge in [0, 0.05) is 11.8 Å². The third-order valence-electron chi connectivity index (χ3n) is 3.51. The van der Waals surface area contributed by atoms with E-state index in [0.717, 1.165) is 0 Å². The molecule has 25 heavy (non-hydrogen) atoms. The summed E-state index contributed by atoms with van der Waals surface area (Å²) in [6.07, 6.45) is -0.101. The van der Waals surface area contributed by atoms with Gasteiger partial charge in [-0.05, 0) is 56.7 Å². The molecule has 2 aromatic carbocycles. The molecule has 0 aromatic heterocycles. The summed E-state index contributed by atoms with van der Waals surface area (Å²) in [5, 5.41) is 11.8. The van der Waals surface area contributed by atoms with Crippen molar-refractivity contribution in [3.63, 3.8) is 0 Å². The Balaban J connectivity index is 2.28. The molecule has 6 nitrogen and oxygen atoms in total. The van der Waals surface area contributed by atoms with E-state index in [0.29, 0.717) is 28.3 Å². The lowest BCUT2D eigenvalue weighted by Gasteiger charge is -2.15. The van der Waals surface area contributed by atoms with Gasteiger partial charge in [-0.3, -0.25) is 4.79 Å². The minimum Gasteiger partial charge on any atom is -0.497 e. The highest BCUT2D eigenvalue weighted by Crippen LogP contribution is 2.27.